The Kier molecular flexibility index (Phi) is 5.91. The monoisotopic (exact) mass is 510 g/mol. The minimum absolute atomic E-state index is 0.0610. The van der Waals surface area contributed by atoms with Crippen molar-refractivity contribution in [1.82, 2.24) is 20.1 Å². The zero-order valence-electron chi connectivity index (χ0n) is 18.1. The van der Waals surface area contributed by atoms with E-state index in [1.165, 1.54) is 37.7 Å². The number of rotatable bonds is 6. The highest BCUT2D eigenvalue weighted by atomic mass is 35.5. The number of ether oxygens (including phenoxy) is 1. The summed E-state index contributed by atoms with van der Waals surface area (Å²) in [6, 6.07) is 14.0. The predicted molar refractivity (Wildman–Crippen MR) is 127 cm³/mol. The van der Waals surface area contributed by atoms with Gasteiger partial charge in [-0.05, 0) is 48.0 Å². The van der Waals surface area contributed by atoms with E-state index in [1.807, 2.05) is 0 Å². The highest BCUT2D eigenvalue weighted by Crippen LogP contribution is 2.40. The third-order valence-electron chi connectivity index (χ3n) is 5.37. The average molecular weight is 511 g/mol. The molecule has 176 valence electrons. The van der Waals surface area contributed by atoms with Crippen molar-refractivity contribution in [2.45, 2.75) is 10.6 Å². The van der Waals surface area contributed by atoms with Crippen LogP contribution in [0.3, 0.4) is 0 Å². The number of benzene rings is 3. The molecule has 0 aliphatic carbocycles. The van der Waals surface area contributed by atoms with Crippen molar-refractivity contribution >= 4 is 32.3 Å². The fraction of sp³-hybridized carbons (Fsp3) is 0.0833. The van der Waals surface area contributed by atoms with E-state index >= 15 is 0 Å². The topological polar surface area (TPSA) is 108 Å². The predicted octanol–water partition coefficient (Wildman–Crippen LogP) is 5.12. The number of nitrogens with zero attached hydrogens (tertiary/aromatic N) is 4. The maximum atomic E-state index is 13.8. The molecule has 0 amide bonds. The van der Waals surface area contributed by atoms with Crippen molar-refractivity contribution in [3.63, 3.8) is 0 Å². The van der Waals surface area contributed by atoms with E-state index in [9.17, 15) is 12.8 Å². The van der Waals surface area contributed by atoms with E-state index in [2.05, 4.69) is 24.6 Å². The molecule has 0 aliphatic rings. The third-order valence-corrected chi connectivity index (χ3v) is 7.30. The summed E-state index contributed by atoms with van der Waals surface area (Å²) >= 11 is 6.58. The lowest BCUT2D eigenvalue weighted by Gasteiger charge is -2.14. The smallest absolute Gasteiger partial charge is 0.213 e. The molecule has 11 heteroatoms. The average Bonchev–Trinajstić information content (AvgIpc) is 3.35. The number of fused-ring (bicyclic) bond motifs is 1. The Morgan fingerprint density at radius 2 is 1.89 bits per heavy atom. The van der Waals surface area contributed by atoms with Crippen LogP contribution < -0.4 is 4.74 Å². The number of methoxy groups -OCH3 is 1. The molecule has 0 bridgehead atoms. The normalized spacial score (nSPS) is 11.6. The van der Waals surface area contributed by atoms with E-state index < -0.39 is 15.6 Å². The zero-order valence-corrected chi connectivity index (χ0v) is 19.7. The molecule has 0 fully saturated rings. The van der Waals surface area contributed by atoms with Gasteiger partial charge in [0.15, 0.2) is 15.7 Å². The van der Waals surface area contributed by atoms with Gasteiger partial charge in [0.25, 0.3) is 0 Å². The Labute approximate surface area is 204 Å². The molecule has 0 atom stereocenters. The third kappa shape index (κ3) is 4.45. The van der Waals surface area contributed by atoms with Crippen LogP contribution in [0.4, 0.5) is 4.39 Å². The van der Waals surface area contributed by atoms with Gasteiger partial charge in [0, 0.05) is 21.5 Å². The van der Waals surface area contributed by atoms with Crippen molar-refractivity contribution < 1.29 is 22.1 Å². The molecule has 0 saturated heterocycles. The minimum Gasteiger partial charge on any atom is -0.496 e. The first-order chi connectivity index (χ1) is 16.9. The molecule has 0 aliphatic heterocycles. The summed E-state index contributed by atoms with van der Waals surface area (Å²) in [4.78, 5) is 12.5. The number of aromatic nitrogens is 4. The Hall–Kier alpha value is -3.89. The Bertz CT molecular complexity index is 1660. The van der Waals surface area contributed by atoms with Gasteiger partial charge in [-0.3, -0.25) is 0 Å². The van der Waals surface area contributed by atoms with Crippen LogP contribution >= 0.6 is 11.6 Å². The van der Waals surface area contributed by atoms with Gasteiger partial charge in [-0.2, -0.15) is 4.98 Å². The highest BCUT2D eigenvalue weighted by molar-refractivity contribution is 7.90. The molecule has 0 radical (unpaired) electrons. The van der Waals surface area contributed by atoms with E-state index in [0.717, 1.165) is 6.39 Å². The number of hydrogen-bond acceptors (Lipinski definition) is 8. The van der Waals surface area contributed by atoms with Gasteiger partial charge in [0.1, 0.15) is 23.6 Å². The van der Waals surface area contributed by atoms with Crippen molar-refractivity contribution in [3.05, 3.63) is 84.0 Å². The Morgan fingerprint density at radius 1 is 1.03 bits per heavy atom. The number of hydrogen-bond donors (Lipinski definition) is 0. The van der Waals surface area contributed by atoms with Gasteiger partial charge in [0.05, 0.1) is 23.2 Å². The molecule has 35 heavy (non-hydrogen) atoms. The van der Waals surface area contributed by atoms with Crippen molar-refractivity contribution in [2.75, 3.05) is 7.11 Å². The summed E-state index contributed by atoms with van der Waals surface area (Å²) in [5.41, 5.74) is 2.69. The Morgan fingerprint density at radius 3 is 2.63 bits per heavy atom. The minimum atomic E-state index is -3.73. The second-order valence-electron chi connectivity index (χ2n) is 7.55. The fourth-order valence-corrected chi connectivity index (χ4v) is 5.21. The lowest BCUT2D eigenvalue weighted by atomic mass is 9.99. The lowest BCUT2D eigenvalue weighted by molar-refractivity contribution is 0.411. The van der Waals surface area contributed by atoms with Gasteiger partial charge in [-0.15, -0.1) is 0 Å². The summed E-state index contributed by atoms with van der Waals surface area (Å²) in [5, 5.41) is 4.53. The van der Waals surface area contributed by atoms with Gasteiger partial charge < -0.3 is 9.26 Å². The molecule has 8 nitrogen and oxygen atoms in total. The van der Waals surface area contributed by atoms with E-state index in [0.29, 0.717) is 44.1 Å². The lowest BCUT2D eigenvalue weighted by Crippen LogP contribution is -2.06. The first kappa shape index (κ1) is 22.9. The molecule has 0 saturated carbocycles. The molecule has 2 heterocycles. The van der Waals surface area contributed by atoms with E-state index in [1.54, 1.807) is 30.3 Å². The zero-order chi connectivity index (χ0) is 24.6. The standard InChI is InChI=1S/C24H16ClFN4O4S/c1-33-22-10-18(14-3-2-4-15(26)7-14)20(25)9-19(22)24-17-6-5-16(8-21(17)27-12-28-24)35(31,32)11-23-29-13-34-30-23/h2-10,12-13H,11H2,1H3. The largest absolute Gasteiger partial charge is 0.496 e. The van der Waals surface area contributed by atoms with Crippen LogP contribution in [0.25, 0.3) is 33.3 Å². The van der Waals surface area contributed by atoms with Gasteiger partial charge in [0.2, 0.25) is 6.39 Å². The summed E-state index contributed by atoms with van der Waals surface area (Å²) in [7, 11) is -2.23. The summed E-state index contributed by atoms with van der Waals surface area (Å²) in [5.74, 6) is -0.264. The van der Waals surface area contributed by atoms with Crippen molar-refractivity contribution in [3.8, 4) is 28.1 Å². The molecule has 0 N–H and O–H groups in total. The number of halogens is 2. The fourth-order valence-electron chi connectivity index (χ4n) is 3.74. The maximum Gasteiger partial charge on any atom is 0.213 e. The van der Waals surface area contributed by atoms with Gasteiger partial charge >= 0.3 is 0 Å². The van der Waals surface area contributed by atoms with Crippen molar-refractivity contribution in [2.24, 2.45) is 0 Å². The van der Waals surface area contributed by atoms with Crippen LogP contribution in [-0.4, -0.2) is 35.6 Å². The second-order valence-corrected chi connectivity index (χ2v) is 9.95. The quantitative estimate of drug-likeness (QED) is 0.309. The van der Waals surface area contributed by atoms with E-state index in [4.69, 9.17) is 16.3 Å². The summed E-state index contributed by atoms with van der Waals surface area (Å²) in [6.07, 6.45) is 2.41. The molecule has 5 rings (SSSR count). The molecule has 0 unspecified atom stereocenters. The molecule has 5 aromatic rings. The highest BCUT2D eigenvalue weighted by Gasteiger charge is 2.21. The number of sulfone groups is 1. The van der Waals surface area contributed by atoms with Crippen LogP contribution in [0.1, 0.15) is 5.82 Å². The first-order valence-electron chi connectivity index (χ1n) is 10.2. The van der Waals surface area contributed by atoms with Gasteiger partial charge in [-0.25, -0.2) is 22.8 Å². The summed E-state index contributed by atoms with van der Waals surface area (Å²) in [6.45, 7) is 0. The van der Waals surface area contributed by atoms with Crippen LogP contribution in [-0.2, 0) is 15.6 Å². The molecule has 0 spiro atoms. The van der Waals surface area contributed by atoms with Crippen LogP contribution in [0.15, 0.2) is 76.7 Å². The van der Waals surface area contributed by atoms with Gasteiger partial charge in [-0.1, -0.05) is 28.9 Å². The molecular formula is C24H16ClFN4O4S. The summed E-state index contributed by atoms with van der Waals surface area (Å²) < 4.78 is 49.6. The van der Waals surface area contributed by atoms with Crippen LogP contribution in [0.2, 0.25) is 5.02 Å². The Balaban J connectivity index is 1.60. The maximum absolute atomic E-state index is 13.8. The van der Waals surface area contributed by atoms with E-state index in [-0.39, 0.29) is 16.5 Å². The molecule has 2 aromatic heterocycles. The second kappa shape index (κ2) is 9.05. The first-order valence-corrected chi connectivity index (χ1v) is 12.3. The molecular weight excluding hydrogens is 495 g/mol. The SMILES string of the molecule is COc1cc(-c2cccc(F)c2)c(Cl)cc1-c1ncnc2cc(S(=O)(=O)Cc3ncon3)ccc12. The van der Waals surface area contributed by atoms with Crippen LogP contribution in [0.5, 0.6) is 5.75 Å². The molecule has 3 aromatic carbocycles. The van der Waals surface area contributed by atoms with Crippen molar-refractivity contribution in [1.29, 1.82) is 0 Å². The van der Waals surface area contributed by atoms with Crippen LogP contribution in [0, 0.1) is 5.82 Å².